The Morgan fingerprint density at radius 2 is 1.79 bits per heavy atom. The summed E-state index contributed by atoms with van der Waals surface area (Å²) in [5, 5.41) is 9.54. The van der Waals surface area contributed by atoms with Gasteiger partial charge in [-0.1, -0.05) is 19.3 Å². The molecule has 0 unspecified atom stereocenters. The normalized spacial score (nSPS) is 14.5. The van der Waals surface area contributed by atoms with Crippen LogP contribution in [-0.2, 0) is 4.79 Å². The van der Waals surface area contributed by atoms with E-state index in [2.05, 4.69) is 20.9 Å². The largest absolute Gasteiger partial charge is 0.497 e. The van der Waals surface area contributed by atoms with Crippen molar-refractivity contribution in [2.24, 2.45) is 4.99 Å². The number of benzene rings is 1. The van der Waals surface area contributed by atoms with Crippen LogP contribution >= 0.6 is 24.0 Å². The van der Waals surface area contributed by atoms with Crippen molar-refractivity contribution in [2.45, 2.75) is 51.5 Å². The van der Waals surface area contributed by atoms with Gasteiger partial charge in [0.15, 0.2) is 5.96 Å². The van der Waals surface area contributed by atoms with E-state index in [-0.39, 0.29) is 29.9 Å². The maximum Gasteiger partial charge on any atom is 0.222 e. The van der Waals surface area contributed by atoms with E-state index in [4.69, 9.17) is 9.47 Å². The zero-order chi connectivity index (χ0) is 20.0. The number of ether oxygens (including phenoxy) is 2. The van der Waals surface area contributed by atoms with Gasteiger partial charge >= 0.3 is 0 Å². The van der Waals surface area contributed by atoms with Crippen LogP contribution in [0.1, 0.15) is 45.4 Å². The monoisotopic (exact) mass is 518 g/mol. The highest BCUT2D eigenvalue weighted by Gasteiger charge is 2.15. The maximum absolute atomic E-state index is 12.1. The number of carbonyl (C=O) groups is 1. The highest BCUT2D eigenvalue weighted by molar-refractivity contribution is 14.0. The molecule has 0 heterocycles. The number of methoxy groups -OCH3 is 1. The van der Waals surface area contributed by atoms with E-state index < -0.39 is 0 Å². The molecule has 7 nitrogen and oxygen atoms in total. The first-order valence-corrected chi connectivity index (χ1v) is 10.3. The van der Waals surface area contributed by atoms with Crippen LogP contribution < -0.4 is 25.4 Å². The molecule has 0 saturated heterocycles. The third kappa shape index (κ3) is 10.6. The molecule has 1 amide bonds. The number of amides is 1. The number of hydrogen-bond acceptors (Lipinski definition) is 4. The maximum atomic E-state index is 12.1. The Morgan fingerprint density at radius 3 is 2.45 bits per heavy atom. The molecule has 164 valence electrons. The van der Waals surface area contributed by atoms with Gasteiger partial charge in [-0.2, -0.15) is 0 Å². The number of aliphatic imine (C=N–C) groups is 1. The summed E-state index contributed by atoms with van der Waals surface area (Å²) in [5.41, 5.74) is 0. The molecule has 3 N–H and O–H groups in total. The molecule has 0 bridgehead atoms. The third-order valence-corrected chi connectivity index (χ3v) is 4.65. The fraction of sp³-hybridized carbons (Fsp3) is 0.619. The molecule has 0 atom stereocenters. The lowest BCUT2D eigenvalue weighted by molar-refractivity contribution is -0.121. The van der Waals surface area contributed by atoms with Crippen molar-refractivity contribution in [3.05, 3.63) is 24.3 Å². The van der Waals surface area contributed by atoms with Gasteiger partial charge in [0.05, 0.1) is 20.2 Å². The van der Waals surface area contributed by atoms with E-state index in [1.54, 1.807) is 7.11 Å². The van der Waals surface area contributed by atoms with Crippen LogP contribution in [0, 0.1) is 0 Å². The van der Waals surface area contributed by atoms with Crippen molar-refractivity contribution in [3.63, 3.8) is 0 Å². The van der Waals surface area contributed by atoms with Gasteiger partial charge in [0.25, 0.3) is 0 Å². The van der Waals surface area contributed by atoms with Crippen molar-refractivity contribution in [2.75, 3.05) is 33.4 Å². The van der Waals surface area contributed by atoms with E-state index in [1.165, 1.54) is 19.3 Å². The summed E-state index contributed by atoms with van der Waals surface area (Å²) in [7, 11) is 1.64. The molecule has 1 aromatic rings. The van der Waals surface area contributed by atoms with Crippen LogP contribution in [-0.4, -0.2) is 51.3 Å². The Kier molecular flexibility index (Phi) is 13.3. The molecule has 1 aliphatic rings. The molecule has 29 heavy (non-hydrogen) atoms. The molecule has 0 aromatic heterocycles. The minimum atomic E-state index is 0. The number of rotatable bonds is 10. The second kappa shape index (κ2) is 15.2. The number of nitrogens with one attached hydrogen (secondary N) is 3. The van der Waals surface area contributed by atoms with Crippen molar-refractivity contribution in [3.8, 4) is 11.5 Å². The summed E-state index contributed by atoms with van der Waals surface area (Å²) in [5.74, 6) is 2.39. The van der Waals surface area contributed by atoms with Gasteiger partial charge < -0.3 is 25.4 Å². The number of halogens is 1. The zero-order valence-electron chi connectivity index (χ0n) is 17.5. The molecular formula is C21H35IN4O3. The molecule has 1 aliphatic carbocycles. The summed E-state index contributed by atoms with van der Waals surface area (Å²) in [6, 6.07) is 7.84. The average Bonchev–Trinajstić information content (AvgIpc) is 2.72. The van der Waals surface area contributed by atoms with E-state index in [9.17, 15) is 4.79 Å². The van der Waals surface area contributed by atoms with Gasteiger partial charge in [0.2, 0.25) is 5.91 Å². The van der Waals surface area contributed by atoms with Crippen LogP contribution in [0.4, 0.5) is 0 Å². The van der Waals surface area contributed by atoms with Crippen molar-refractivity contribution >= 4 is 35.8 Å². The molecular weight excluding hydrogens is 483 g/mol. The molecule has 2 rings (SSSR count). The van der Waals surface area contributed by atoms with E-state index in [1.807, 2.05) is 31.2 Å². The van der Waals surface area contributed by atoms with Gasteiger partial charge in [-0.25, -0.2) is 0 Å². The summed E-state index contributed by atoms with van der Waals surface area (Å²) >= 11 is 0. The molecule has 1 fully saturated rings. The second-order valence-electron chi connectivity index (χ2n) is 6.86. The third-order valence-electron chi connectivity index (χ3n) is 4.65. The predicted octanol–water partition coefficient (Wildman–Crippen LogP) is 3.09. The number of hydrogen-bond donors (Lipinski definition) is 3. The molecule has 0 aliphatic heterocycles. The van der Waals surface area contributed by atoms with Gasteiger partial charge in [0, 0.05) is 19.0 Å². The minimum absolute atomic E-state index is 0. The highest BCUT2D eigenvalue weighted by atomic mass is 127. The fourth-order valence-corrected chi connectivity index (χ4v) is 3.17. The first-order valence-electron chi connectivity index (χ1n) is 10.3. The Morgan fingerprint density at radius 1 is 1.10 bits per heavy atom. The predicted molar refractivity (Wildman–Crippen MR) is 128 cm³/mol. The van der Waals surface area contributed by atoms with Crippen molar-refractivity contribution in [1.29, 1.82) is 0 Å². The van der Waals surface area contributed by atoms with Crippen LogP contribution in [0.3, 0.4) is 0 Å². The smallest absolute Gasteiger partial charge is 0.222 e. The highest BCUT2D eigenvalue weighted by Crippen LogP contribution is 2.17. The minimum Gasteiger partial charge on any atom is -0.497 e. The number of nitrogens with zero attached hydrogens (tertiary/aromatic N) is 1. The number of guanidine groups is 1. The first kappa shape index (κ1) is 25.3. The van der Waals surface area contributed by atoms with Gasteiger partial charge in [-0.05, 0) is 44.0 Å². The fourth-order valence-electron chi connectivity index (χ4n) is 3.17. The van der Waals surface area contributed by atoms with Crippen LogP contribution in [0.15, 0.2) is 29.3 Å². The molecule has 1 aromatic carbocycles. The van der Waals surface area contributed by atoms with Gasteiger partial charge in [-0.3, -0.25) is 9.79 Å². The number of carbonyl (C=O) groups excluding carboxylic acids is 1. The lowest BCUT2D eigenvalue weighted by Crippen LogP contribution is -2.40. The Labute approximate surface area is 191 Å². The summed E-state index contributed by atoms with van der Waals surface area (Å²) < 4.78 is 10.8. The van der Waals surface area contributed by atoms with E-state index in [0.717, 1.165) is 30.9 Å². The van der Waals surface area contributed by atoms with Crippen molar-refractivity contribution in [1.82, 2.24) is 16.0 Å². The lowest BCUT2D eigenvalue weighted by atomic mass is 9.95. The Hall–Kier alpha value is -1.71. The molecule has 0 spiro atoms. The van der Waals surface area contributed by atoms with Crippen LogP contribution in [0.2, 0.25) is 0 Å². The topological polar surface area (TPSA) is 84.0 Å². The van der Waals surface area contributed by atoms with E-state index in [0.29, 0.717) is 38.1 Å². The lowest BCUT2D eigenvalue weighted by Gasteiger charge is -2.22. The summed E-state index contributed by atoms with van der Waals surface area (Å²) in [4.78, 5) is 16.5. The van der Waals surface area contributed by atoms with Crippen molar-refractivity contribution < 1.29 is 14.3 Å². The van der Waals surface area contributed by atoms with E-state index >= 15 is 0 Å². The van der Waals surface area contributed by atoms with Gasteiger partial charge in [0.1, 0.15) is 18.1 Å². The Balaban J connectivity index is 0.00000420. The average molecular weight is 518 g/mol. The zero-order valence-corrected chi connectivity index (χ0v) is 19.9. The van der Waals surface area contributed by atoms with Gasteiger partial charge in [-0.15, -0.1) is 24.0 Å². The quantitative estimate of drug-likeness (QED) is 0.192. The molecule has 8 heteroatoms. The molecule has 0 radical (unpaired) electrons. The first-order chi connectivity index (χ1) is 13.7. The molecule has 1 saturated carbocycles. The Bertz CT molecular complexity index is 604. The standard InChI is InChI=1S/C21H34N4O3.HI/c1-3-22-21(23-14-13-20(26)25-17-7-5-4-6-8-17)24-15-16-28-19-11-9-18(27-2)10-12-19;/h9-12,17H,3-8,13-16H2,1-2H3,(H,25,26)(H2,22,23,24);1H. The van der Waals surface area contributed by atoms with Crippen LogP contribution in [0.5, 0.6) is 11.5 Å². The SMILES string of the molecule is CCNC(=NCCC(=O)NC1CCCCC1)NCCOc1ccc(OC)cc1.I. The van der Waals surface area contributed by atoms with Crippen LogP contribution in [0.25, 0.3) is 0 Å². The summed E-state index contributed by atoms with van der Waals surface area (Å²) in [6.07, 6.45) is 6.35. The summed E-state index contributed by atoms with van der Waals surface area (Å²) in [6.45, 7) is 4.37. The second-order valence-corrected chi connectivity index (χ2v) is 6.86.